The molecule has 1 aromatic carbocycles. The highest BCUT2D eigenvalue weighted by Crippen LogP contribution is 2.22. The fraction of sp³-hybridized carbons (Fsp3) is 0.412. The van der Waals surface area contributed by atoms with Crippen LogP contribution in [0.4, 0.5) is 0 Å². The molecule has 1 fully saturated rings. The summed E-state index contributed by atoms with van der Waals surface area (Å²) < 4.78 is 1.58. The standard InChI is InChI=1S/C17H20N4O3/c22-16(23)9-8-13-5-4-10-20(11-13)17(24)15-12-21(19-18-15)14-6-2-1-3-7-14/h1-3,6-7,12-13H,4-5,8-11H2,(H,22,23). The zero-order valence-corrected chi connectivity index (χ0v) is 13.3. The zero-order chi connectivity index (χ0) is 16.9. The molecule has 0 bridgehead atoms. The first-order chi connectivity index (χ1) is 11.6. The van der Waals surface area contributed by atoms with Crippen molar-refractivity contribution < 1.29 is 14.7 Å². The van der Waals surface area contributed by atoms with E-state index in [9.17, 15) is 9.59 Å². The predicted molar refractivity (Wildman–Crippen MR) is 86.9 cm³/mol. The second-order valence-electron chi connectivity index (χ2n) is 6.08. The fourth-order valence-electron chi connectivity index (χ4n) is 3.04. The molecule has 1 saturated heterocycles. The summed E-state index contributed by atoms with van der Waals surface area (Å²) in [5.41, 5.74) is 1.17. The van der Waals surface area contributed by atoms with Crippen molar-refractivity contribution in [3.8, 4) is 5.69 Å². The number of carbonyl (C=O) groups excluding carboxylic acids is 1. The summed E-state index contributed by atoms with van der Waals surface area (Å²) in [6.07, 6.45) is 4.25. The molecular weight excluding hydrogens is 308 g/mol. The second-order valence-corrected chi connectivity index (χ2v) is 6.08. The van der Waals surface area contributed by atoms with Crippen LogP contribution in [-0.4, -0.2) is 50.0 Å². The molecule has 7 nitrogen and oxygen atoms in total. The predicted octanol–water partition coefficient (Wildman–Crippen LogP) is 1.98. The number of aromatic nitrogens is 3. The van der Waals surface area contributed by atoms with Gasteiger partial charge in [-0.15, -0.1) is 5.10 Å². The van der Waals surface area contributed by atoms with Gasteiger partial charge in [-0.05, 0) is 37.3 Å². The van der Waals surface area contributed by atoms with Crippen LogP contribution in [0.5, 0.6) is 0 Å². The number of carbonyl (C=O) groups is 2. The molecule has 1 N–H and O–H groups in total. The largest absolute Gasteiger partial charge is 0.481 e. The van der Waals surface area contributed by atoms with Crippen LogP contribution in [0.3, 0.4) is 0 Å². The Morgan fingerprint density at radius 2 is 2.04 bits per heavy atom. The molecule has 1 aliphatic heterocycles. The SMILES string of the molecule is O=C(O)CCC1CCCN(C(=O)c2cn(-c3ccccc3)nn2)C1. The van der Waals surface area contributed by atoms with E-state index in [4.69, 9.17) is 5.11 Å². The van der Waals surface area contributed by atoms with E-state index < -0.39 is 5.97 Å². The average molecular weight is 328 g/mol. The number of para-hydroxylation sites is 1. The number of carboxylic acids is 1. The van der Waals surface area contributed by atoms with E-state index in [-0.39, 0.29) is 18.2 Å². The van der Waals surface area contributed by atoms with Crippen molar-refractivity contribution in [1.82, 2.24) is 19.9 Å². The van der Waals surface area contributed by atoms with Crippen LogP contribution in [0.1, 0.15) is 36.2 Å². The molecule has 3 rings (SSSR count). The number of carboxylic acid groups (broad SMARTS) is 1. The van der Waals surface area contributed by atoms with E-state index in [1.54, 1.807) is 15.8 Å². The van der Waals surface area contributed by atoms with Crippen molar-refractivity contribution in [2.75, 3.05) is 13.1 Å². The number of likely N-dealkylation sites (tertiary alicyclic amines) is 1. The molecule has 0 saturated carbocycles. The van der Waals surface area contributed by atoms with Gasteiger partial charge in [0.2, 0.25) is 0 Å². The lowest BCUT2D eigenvalue weighted by Gasteiger charge is -2.32. The summed E-state index contributed by atoms with van der Waals surface area (Å²) in [6.45, 7) is 1.27. The summed E-state index contributed by atoms with van der Waals surface area (Å²) >= 11 is 0. The highest BCUT2D eigenvalue weighted by molar-refractivity contribution is 5.92. The third kappa shape index (κ3) is 3.79. The third-order valence-corrected chi connectivity index (χ3v) is 4.31. The smallest absolute Gasteiger partial charge is 0.303 e. The Bertz CT molecular complexity index is 714. The Kier molecular flexibility index (Phi) is 4.88. The summed E-state index contributed by atoms with van der Waals surface area (Å²) in [5.74, 6) is -0.690. The molecule has 7 heteroatoms. The van der Waals surface area contributed by atoms with E-state index in [1.807, 2.05) is 30.3 Å². The molecule has 2 aromatic rings. The van der Waals surface area contributed by atoms with Crippen LogP contribution < -0.4 is 0 Å². The molecule has 1 aliphatic rings. The number of rotatable bonds is 5. The van der Waals surface area contributed by atoms with Gasteiger partial charge in [-0.2, -0.15) is 0 Å². The Hall–Kier alpha value is -2.70. The lowest BCUT2D eigenvalue weighted by molar-refractivity contribution is -0.137. The van der Waals surface area contributed by atoms with Gasteiger partial charge in [0.25, 0.3) is 5.91 Å². The molecule has 1 aromatic heterocycles. The highest BCUT2D eigenvalue weighted by Gasteiger charge is 2.26. The van der Waals surface area contributed by atoms with Gasteiger partial charge in [0, 0.05) is 19.5 Å². The first kappa shape index (κ1) is 16.2. The van der Waals surface area contributed by atoms with Crippen LogP contribution in [0, 0.1) is 5.92 Å². The minimum absolute atomic E-state index is 0.141. The van der Waals surface area contributed by atoms with Crippen molar-refractivity contribution in [1.29, 1.82) is 0 Å². The lowest BCUT2D eigenvalue weighted by Crippen LogP contribution is -2.40. The molecule has 24 heavy (non-hydrogen) atoms. The van der Waals surface area contributed by atoms with E-state index in [2.05, 4.69) is 10.3 Å². The highest BCUT2D eigenvalue weighted by atomic mass is 16.4. The number of piperidine rings is 1. The Labute approximate surface area is 139 Å². The van der Waals surface area contributed by atoms with Crippen molar-refractivity contribution in [3.05, 3.63) is 42.2 Å². The molecule has 1 amide bonds. The summed E-state index contributed by atoms with van der Waals surface area (Å²) in [5, 5.41) is 16.8. The van der Waals surface area contributed by atoms with Gasteiger partial charge in [0.15, 0.2) is 5.69 Å². The van der Waals surface area contributed by atoms with E-state index in [1.165, 1.54) is 0 Å². The van der Waals surface area contributed by atoms with Crippen molar-refractivity contribution in [3.63, 3.8) is 0 Å². The molecule has 1 atom stereocenters. The van der Waals surface area contributed by atoms with Gasteiger partial charge in [-0.1, -0.05) is 23.4 Å². The van der Waals surface area contributed by atoms with Gasteiger partial charge in [-0.3, -0.25) is 9.59 Å². The number of amides is 1. The number of benzene rings is 1. The van der Waals surface area contributed by atoms with Crippen LogP contribution in [0.15, 0.2) is 36.5 Å². The second kappa shape index (κ2) is 7.25. The third-order valence-electron chi connectivity index (χ3n) is 4.31. The van der Waals surface area contributed by atoms with Crippen LogP contribution in [0.25, 0.3) is 5.69 Å². The maximum absolute atomic E-state index is 12.6. The molecule has 1 unspecified atom stereocenters. The maximum Gasteiger partial charge on any atom is 0.303 e. The topological polar surface area (TPSA) is 88.3 Å². The maximum atomic E-state index is 12.6. The molecule has 2 heterocycles. The molecular formula is C17H20N4O3. The van der Waals surface area contributed by atoms with Gasteiger partial charge in [0.1, 0.15) is 0 Å². The summed E-state index contributed by atoms with van der Waals surface area (Å²) in [4.78, 5) is 25.1. The quantitative estimate of drug-likeness (QED) is 0.906. The Balaban J connectivity index is 1.66. The normalized spacial score (nSPS) is 17.7. The van der Waals surface area contributed by atoms with E-state index in [0.29, 0.717) is 25.2 Å². The van der Waals surface area contributed by atoms with Crippen LogP contribution in [0.2, 0.25) is 0 Å². The monoisotopic (exact) mass is 328 g/mol. The minimum Gasteiger partial charge on any atom is -0.481 e. The molecule has 0 radical (unpaired) electrons. The summed E-state index contributed by atoms with van der Waals surface area (Å²) in [6, 6.07) is 9.50. The lowest BCUT2D eigenvalue weighted by atomic mass is 9.93. The van der Waals surface area contributed by atoms with Crippen molar-refractivity contribution in [2.45, 2.75) is 25.7 Å². The molecule has 126 valence electrons. The van der Waals surface area contributed by atoms with Crippen molar-refractivity contribution >= 4 is 11.9 Å². The first-order valence-corrected chi connectivity index (χ1v) is 8.12. The molecule has 0 aliphatic carbocycles. The molecule has 0 spiro atoms. The Morgan fingerprint density at radius 3 is 2.79 bits per heavy atom. The Morgan fingerprint density at radius 1 is 1.25 bits per heavy atom. The van der Waals surface area contributed by atoms with Gasteiger partial charge >= 0.3 is 5.97 Å². The number of aliphatic carboxylic acids is 1. The van der Waals surface area contributed by atoms with Crippen LogP contribution >= 0.6 is 0 Å². The number of hydrogen-bond donors (Lipinski definition) is 1. The number of nitrogens with zero attached hydrogens (tertiary/aromatic N) is 4. The van der Waals surface area contributed by atoms with Gasteiger partial charge in [-0.25, -0.2) is 4.68 Å². The number of hydrogen-bond acceptors (Lipinski definition) is 4. The fourth-order valence-corrected chi connectivity index (χ4v) is 3.04. The first-order valence-electron chi connectivity index (χ1n) is 8.12. The van der Waals surface area contributed by atoms with Crippen LogP contribution in [-0.2, 0) is 4.79 Å². The summed E-state index contributed by atoms with van der Waals surface area (Å²) in [7, 11) is 0. The van der Waals surface area contributed by atoms with E-state index >= 15 is 0 Å². The van der Waals surface area contributed by atoms with E-state index in [0.717, 1.165) is 18.5 Å². The van der Waals surface area contributed by atoms with Gasteiger partial charge < -0.3 is 10.0 Å². The average Bonchev–Trinajstić information content (AvgIpc) is 3.10. The van der Waals surface area contributed by atoms with Crippen molar-refractivity contribution in [2.24, 2.45) is 5.92 Å². The van der Waals surface area contributed by atoms with Gasteiger partial charge in [0.05, 0.1) is 11.9 Å². The minimum atomic E-state index is -0.788. The zero-order valence-electron chi connectivity index (χ0n) is 13.3.